The summed E-state index contributed by atoms with van der Waals surface area (Å²) in [6.45, 7) is 17.7. The molecule has 0 unspecified atom stereocenters. The van der Waals surface area contributed by atoms with Crippen LogP contribution in [0.25, 0.3) is 5.57 Å². The number of hydrogen-bond acceptors (Lipinski definition) is 6. The molecule has 1 N–H and O–H groups in total. The third-order valence-electron chi connectivity index (χ3n) is 5.19. The van der Waals surface area contributed by atoms with E-state index in [1.807, 2.05) is 25.8 Å². The Balaban J connectivity index is 2.21. The zero-order chi connectivity index (χ0) is 21.2. The standard InChI is InChI=1S/C20H35N3O4Si/c1-19(2,3)27-18(24)22-23-12-9-10-15(17-21-11-13-25-17)16(23)14-26-28(7,8)20(4,5)6/h10-11,13,16H,9,12,14H2,1-8H3,(H,22,24)/t16-/m1/s1. The van der Waals surface area contributed by atoms with Crippen molar-refractivity contribution in [1.29, 1.82) is 0 Å². The molecule has 2 heterocycles. The SMILES string of the molecule is CC(C)(C)OC(=O)NN1CCC=C(c2ncco2)[C@H]1CO[Si](C)(C)C(C)(C)C. The number of oxazole rings is 1. The van der Waals surface area contributed by atoms with Gasteiger partial charge in [0.15, 0.2) is 8.32 Å². The highest BCUT2D eigenvalue weighted by molar-refractivity contribution is 6.74. The summed E-state index contributed by atoms with van der Waals surface area (Å²) in [7, 11) is -1.96. The van der Waals surface area contributed by atoms with Gasteiger partial charge in [0.05, 0.1) is 18.8 Å². The molecule has 1 atom stereocenters. The maximum Gasteiger partial charge on any atom is 0.422 e. The quantitative estimate of drug-likeness (QED) is 0.717. The van der Waals surface area contributed by atoms with Gasteiger partial charge >= 0.3 is 6.09 Å². The molecule has 1 aliphatic heterocycles. The van der Waals surface area contributed by atoms with E-state index in [4.69, 9.17) is 13.6 Å². The number of ether oxygens (including phenoxy) is 1. The van der Waals surface area contributed by atoms with Crippen LogP contribution in [0.1, 0.15) is 53.9 Å². The lowest BCUT2D eigenvalue weighted by Crippen LogP contribution is -2.55. The Hall–Kier alpha value is -1.64. The Morgan fingerprint density at radius 2 is 2.00 bits per heavy atom. The van der Waals surface area contributed by atoms with Crippen molar-refractivity contribution in [2.24, 2.45) is 0 Å². The van der Waals surface area contributed by atoms with Crippen molar-refractivity contribution in [3.8, 4) is 0 Å². The lowest BCUT2D eigenvalue weighted by Gasteiger charge is -2.40. The number of nitrogens with zero attached hydrogens (tertiary/aromatic N) is 2. The molecule has 28 heavy (non-hydrogen) atoms. The van der Waals surface area contributed by atoms with E-state index in [2.05, 4.69) is 50.4 Å². The van der Waals surface area contributed by atoms with Crippen LogP contribution < -0.4 is 5.43 Å². The number of carbonyl (C=O) groups is 1. The van der Waals surface area contributed by atoms with E-state index >= 15 is 0 Å². The van der Waals surface area contributed by atoms with Crippen molar-refractivity contribution < 1.29 is 18.4 Å². The minimum atomic E-state index is -1.96. The van der Waals surface area contributed by atoms with Gasteiger partial charge in [-0.2, -0.15) is 0 Å². The molecule has 0 bridgehead atoms. The number of aromatic nitrogens is 1. The number of nitrogens with one attached hydrogen (secondary N) is 1. The summed E-state index contributed by atoms with van der Waals surface area (Å²) in [6.07, 6.45) is 5.59. The predicted molar refractivity (Wildman–Crippen MR) is 112 cm³/mol. The van der Waals surface area contributed by atoms with Crippen LogP contribution in [-0.4, -0.2) is 49.2 Å². The highest BCUT2D eigenvalue weighted by Crippen LogP contribution is 2.37. The summed E-state index contributed by atoms with van der Waals surface area (Å²) < 4.78 is 17.4. The molecule has 2 rings (SSSR count). The van der Waals surface area contributed by atoms with Gasteiger partial charge in [-0.15, -0.1) is 0 Å². The van der Waals surface area contributed by atoms with Gasteiger partial charge < -0.3 is 13.6 Å². The van der Waals surface area contributed by atoms with E-state index in [1.165, 1.54) is 0 Å². The second-order valence-electron chi connectivity index (χ2n) is 9.68. The zero-order valence-corrected chi connectivity index (χ0v) is 19.5. The summed E-state index contributed by atoms with van der Waals surface area (Å²) in [5.74, 6) is 0.555. The average molecular weight is 410 g/mol. The Kier molecular flexibility index (Phi) is 6.78. The molecule has 0 aliphatic carbocycles. The summed E-state index contributed by atoms with van der Waals surface area (Å²) in [5, 5.41) is 1.97. The van der Waals surface area contributed by atoms with E-state index in [1.54, 1.807) is 12.5 Å². The second-order valence-corrected chi connectivity index (χ2v) is 14.5. The van der Waals surface area contributed by atoms with Gasteiger partial charge in [-0.3, -0.25) is 5.43 Å². The molecular formula is C20H35N3O4Si. The molecule has 0 radical (unpaired) electrons. The Bertz CT molecular complexity index is 687. The molecule has 0 saturated carbocycles. The summed E-state index contributed by atoms with van der Waals surface area (Å²) in [6, 6.07) is -0.200. The van der Waals surface area contributed by atoms with E-state index < -0.39 is 20.0 Å². The zero-order valence-electron chi connectivity index (χ0n) is 18.5. The molecule has 0 aromatic carbocycles. The largest absolute Gasteiger partial charge is 0.445 e. The van der Waals surface area contributed by atoms with Crippen molar-refractivity contribution in [2.75, 3.05) is 13.2 Å². The van der Waals surface area contributed by atoms with Crippen LogP contribution in [0.4, 0.5) is 4.79 Å². The van der Waals surface area contributed by atoms with Gasteiger partial charge in [0.25, 0.3) is 0 Å². The normalized spacial score (nSPS) is 19.3. The first kappa shape index (κ1) is 22.6. The van der Waals surface area contributed by atoms with Gasteiger partial charge in [0, 0.05) is 12.1 Å². The monoisotopic (exact) mass is 409 g/mol. The van der Waals surface area contributed by atoms with Crippen LogP contribution in [0.3, 0.4) is 0 Å². The molecule has 0 saturated heterocycles. The second kappa shape index (κ2) is 8.38. The summed E-state index contributed by atoms with van der Waals surface area (Å²) in [4.78, 5) is 16.7. The van der Waals surface area contributed by atoms with Crippen LogP contribution in [0.5, 0.6) is 0 Å². The van der Waals surface area contributed by atoms with Crippen LogP contribution in [0.15, 0.2) is 23.0 Å². The topological polar surface area (TPSA) is 76.8 Å². The first-order chi connectivity index (χ1) is 12.8. The molecule has 1 aromatic rings. The van der Waals surface area contributed by atoms with Crippen molar-refractivity contribution in [2.45, 2.75) is 77.7 Å². The van der Waals surface area contributed by atoms with Crippen LogP contribution in [-0.2, 0) is 9.16 Å². The van der Waals surface area contributed by atoms with Gasteiger partial charge in [-0.05, 0) is 45.3 Å². The minimum absolute atomic E-state index is 0.0951. The highest BCUT2D eigenvalue weighted by atomic mass is 28.4. The molecule has 1 amide bonds. The lowest BCUT2D eigenvalue weighted by atomic mass is 10.0. The Labute approximate surface area is 169 Å². The highest BCUT2D eigenvalue weighted by Gasteiger charge is 2.39. The van der Waals surface area contributed by atoms with Crippen molar-refractivity contribution in [3.05, 3.63) is 24.4 Å². The van der Waals surface area contributed by atoms with E-state index in [0.29, 0.717) is 19.0 Å². The fourth-order valence-electron chi connectivity index (χ4n) is 2.65. The molecule has 1 aromatic heterocycles. The fraction of sp³-hybridized carbons (Fsp3) is 0.700. The molecule has 0 spiro atoms. The molecule has 7 nitrogen and oxygen atoms in total. The van der Waals surface area contributed by atoms with Crippen molar-refractivity contribution in [3.63, 3.8) is 0 Å². The van der Waals surface area contributed by atoms with Crippen LogP contribution in [0.2, 0.25) is 18.1 Å². The molecule has 158 valence electrons. The minimum Gasteiger partial charge on any atom is -0.445 e. The van der Waals surface area contributed by atoms with Gasteiger partial charge in [-0.25, -0.2) is 14.8 Å². The Morgan fingerprint density at radius 3 is 2.54 bits per heavy atom. The van der Waals surface area contributed by atoms with Crippen LogP contribution >= 0.6 is 0 Å². The van der Waals surface area contributed by atoms with Crippen molar-refractivity contribution in [1.82, 2.24) is 15.4 Å². The van der Waals surface area contributed by atoms with Crippen LogP contribution in [0, 0.1) is 0 Å². The van der Waals surface area contributed by atoms with Gasteiger partial charge in [-0.1, -0.05) is 26.8 Å². The average Bonchev–Trinajstić information content (AvgIpc) is 3.04. The maximum absolute atomic E-state index is 12.4. The first-order valence-electron chi connectivity index (χ1n) is 9.80. The van der Waals surface area contributed by atoms with Gasteiger partial charge in [0.1, 0.15) is 11.9 Å². The van der Waals surface area contributed by atoms with E-state index in [9.17, 15) is 4.79 Å². The Morgan fingerprint density at radius 1 is 1.32 bits per heavy atom. The van der Waals surface area contributed by atoms with Gasteiger partial charge in [0.2, 0.25) is 5.89 Å². The number of rotatable bonds is 5. The number of carbonyl (C=O) groups excluding carboxylic acids is 1. The maximum atomic E-state index is 12.4. The smallest absolute Gasteiger partial charge is 0.422 e. The predicted octanol–water partition coefficient (Wildman–Crippen LogP) is 4.59. The van der Waals surface area contributed by atoms with E-state index in [-0.39, 0.29) is 11.1 Å². The molecule has 8 heteroatoms. The number of hydrogen-bond donors (Lipinski definition) is 1. The third kappa shape index (κ3) is 5.92. The molecule has 1 aliphatic rings. The fourth-order valence-corrected chi connectivity index (χ4v) is 3.66. The lowest BCUT2D eigenvalue weighted by molar-refractivity contribution is 0.0236. The van der Waals surface area contributed by atoms with E-state index in [0.717, 1.165) is 12.0 Å². The van der Waals surface area contributed by atoms with Crippen molar-refractivity contribution >= 4 is 20.0 Å². The summed E-state index contributed by atoms with van der Waals surface area (Å²) >= 11 is 0. The number of amides is 1. The third-order valence-corrected chi connectivity index (χ3v) is 9.69. The molecular weight excluding hydrogens is 374 g/mol. The first-order valence-corrected chi connectivity index (χ1v) is 12.7. The molecule has 0 fully saturated rings. The number of hydrazine groups is 1. The summed E-state index contributed by atoms with van der Waals surface area (Å²) in [5.41, 5.74) is 3.25.